The maximum absolute atomic E-state index is 13.6. The molecule has 10 heteroatoms. The van der Waals surface area contributed by atoms with Gasteiger partial charge in [-0.3, -0.25) is 25.0 Å². The molecule has 0 spiro atoms. The Morgan fingerprint density at radius 1 is 0.917 bits per heavy atom. The molecule has 0 bridgehead atoms. The van der Waals surface area contributed by atoms with Crippen molar-refractivity contribution in [2.45, 2.75) is 18.4 Å². The molecule has 3 aromatic carbocycles. The largest absolute Gasteiger partial charge is 0.384 e. The van der Waals surface area contributed by atoms with Gasteiger partial charge < -0.3 is 10.0 Å². The molecule has 1 heterocycles. The van der Waals surface area contributed by atoms with Crippen LogP contribution in [0.25, 0.3) is 0 Å². The number of benzene rings is 3. The summed E-state index contributed by atoms with van der Waals surface area (Å²) in [4.78, 5) is 36.7. The number of Topliss-reactive ketones (excluding diaryl/α,β-unsaturated/α-hetero) is 1. The lowest BCUT2D eigenvalue weighted by atomic mass is 9.72. The highest BCUT2D eigenvalue weighted by molar-refractivity contribution is 5.99. The smallest absolute Gasteiger partial charge is 0.269 e. The maximum Gasteiger partial charge on any atom is 0.269 e. The van der Waals surface area contributed by atoms with E-state index in [-0.39, 0.29) is 48.1 Å². The Kier molecular flexibility index (Phi) is 8.52. The lowest BCUT2D eigenvalue weighted by Gasteiger charge is -2.44. The van der Waals surface area contributed by atoms with Gasteiger partial charge in [-0.1, -0.05) is 30.3 Å². The van der Waals surface area contributed by atoms with Crippen LogP contribution in [0.3, 0.4) is 0 Å². The van der Waals surface area contributed by atoms with Gasteiger partial charge in [-0.2, -0.15) is 0 Å². The van der Waals surface area contributed by atoms with Crippen molar-refractivity contribution in [1.82, 2.24) is 4.90 Å². The number of halogens is 1. The van der Waals surface area contributed by atoms with E-state index >= 15 is 0 Å². The van der Waals surface area contributed by atoms with Crippen LogP contribution in [0.15, 0.2) is 78.9 Å². The molecule has 36 heavy (non-hydrogen) atoms. The third-order valence-electron chi connectivity index (χ3n) is 6.64. The van der Waals surface area contributed by atoms with Crippen LogP contribution >= 0.6 is 12.4 Å². The summed E-state index contributed by atoms with van der Waals surface area (Å²) in [7, 11) is 0. The second-order valence-corrected chi connectivity index (χ2v) is 8.74. The molecule has 9 nitrogen and oxygen atoms in total. The summed E-state index contributed by atoms with van der Waals surface area (Å²) in [5.74, 6) is -1.18. The molecule has 4 rings (SSSR count). The van der Waals surface area contributed by atoms with Gasteiger partial charge in [0.1, 0.15) is 5.60 Å². The number of carbonyl (C=O) groups excluding carboxylic acids is 1. The minimum Gasteiger partial charge on any atom is -0.384 e. The van der Waals surface area contributed by atoms with Gasteiger partial charge in [0.2, 0.25) is 0 Å². The Bertz CT molecular complexity index is 1220. The number of ketones is 1. The van der Waals surface area contributed by atoms with Crippen molar-refractivity contribution in [2.75, 3.05) is 19.6 Å². The van der Waals surface area contributed by atoms with E-state index in [1.165, 1.54) is 54.1 Å². The fraction of sp³-hybridized carbons (Fsp3) is 0.269. The Balaban J connectivity index is 0.00000361. The van der Waals surface area contributed by atoms with Crippen molar-refractivity contribution in [1.29, 1.82) is 0 Å². The summed E-state index contributed by atoms with van der Waals surface area (Å²) in [5.41, 5.74) is 0.118. The first-order chi connectivity index (χ1) is 16.8. The number of nitro groups is 2. The molecule has 0 radical (unpaired) electrons. The van der Waals surface area contributed by atoms with Crippen molar-refractivity contribution in [3.05, 3.63) is 116 Å². The van der Waals surface area contributed by atoms with Gasteiger partial charge in [-0.05, 0) is 48.2 Å². The zero-order valence-corrected chi connectivity index (χ0v) is 20.2. The van der Waals surface area contributed by atoms with Gasteiger partial charge in [0.25, 0.3) is 11.4 Å². The SMILES string of the molecule is Cl.O=C(c1ccc([N+](=O)[O-])cc1)C1CN(CCc2ccccc2)CCC1(O)c1ccc([N+](=O)[O-])cc1. The zero-order valence-electron chi connectivity index (χ0n) is 19.4. The van der Waals surface area contributed by atoms with Crippen LogP contribution in [0.2, 0.25) is 0 Å². The summed E-state index contributed by atoms with van der Waals surface area (Å²) in [6, 6.07) is 21.0. The number of piperidine rings is 1. The highest BCUT2D eigenvalue weighted by atomic mass is 35.5. The van der Waals surface area contributed by atoms with Crippen LogP contribution < -0.4 is 0 Å². The molecule has 2 atom stereocenters. The predicted octanol–water partition coefficient (Wildman–Crippen LogP) is 4.56. The second kappa shape index (κ2) is 11.4. The lowest BCUT2D eigenvalue weighted by Crippen LogP contribution is -2.53. The van der Waals surface area contributed by atoms with E-state index in [9.17, 15) is 30.1 Å². The van der Waals surface area contributed by atoms with Crippen LogP contribution in [0.4, 0.5) is 11.4 Å². The molecule has 0 amide bonds. The van der Waals surface area contributed by atoms with Crippen LogP contribution in [-0.4, -0.2) is 45.3 Å². The number of non-ortho nitro benzene ring substituents is 2. The molecule has 2 unspecified atom stereocenters. The molecule has 0 aromatic heterocycles. The monoisotopic (exact) mass is 511 g/mol. The van der Waals surface area contributed by atoms with Crippen molar-refractivity contribution >= 4 is 29.6 Å². The van der Waals surface area contributed by atoms with E-state index in [0.29, 0.717) is 18.7 Å². The number of rotatable bonds is 8. The summed E-state index contributed by atoms with van der Waals surface area (Å²) in [6.07, 6.45) is 1.05. The molecule has 1 saturated heterocycles. The molecule has 0 aliphatic carbocycles. The lowest BCUT2D eigenvalue weighted by molar-refractivity contribution is -0.385. The molecule has 3 aromatic rings. The second-order valence-electron chi connectivity index (χ2n) is 8.74. The number of hydrogen-bond acceptors (Lipinski definition) is 7. The Labute approximate surface area is 214 Å². The van der Waals surface area contributed by atoms with E-state index in [1.807, 2.05) is 30.3 Å². The maximum atomic E-state index is 13.6. The zero-order chi connectivity index (χ0) is 25.0. The number of nitrogens with zero attached hydrogens (tertiary/aromatic N) is 3. The van der Waals surface area contributed by atoms with Crippen LogP contribution in [0, 0.1) is 26.1 Å². The summed E-state index contributed by atoms with van der Waals surface area (Å²) >= 11 is 0. The van der Waals surface area contributed by atoms with Crippen molar-refractivity contribution < 1.29 is 19.7 Å². The number of nitro benzene ring substituents is 2. The normalized spacial score (nSPS) is 19.8. The van der Waals surface area contributed by atoms with E-state index in [4.69, 9.17) is 0 Å². The first kappa shape index (κ1) is 26.9. The molecule has 0 saturated carbocycles. The minimum atomic E-state index is -1.53. The van der Waals surface area contributed by atoms with Crippen LogP contribution in [-0.2, 0) is 12.0 Å². The number of aliphatic hydroxyl groups is 1. The first-order valence-electron chi connectivity index (χ1n) is 11.3. The topological polar surface area (TPSA) is 127 Å². The van der Waals surface area contributed by atoms with Gasteiger partial charge >= 0.3 is 0 Å². The van der Waals surface area contributed by atoms with Gasteiger partial charge in [0, 0.05) is 49.5 Å². The highest BCUT2D eigenvalue weighted by Gasteiger charge is 2.46. The first-order valence-corrected chi connectivity index (χ1v) is 11.3. The van der Waals surface area contributed by atoms with Crippen molar-refractivity contribution in [3.8, 4) is 0 Å². The summed E-state index contributed by atoms with van der Waals surface area (Å²) in [5, 5.41) is 33.9. The Morgan fingerprint density at radius 3 is 2.03 bits per heavy atom. The molecule has 1 aliphatic rings. The predicted molar refractivity (Wildman–Crippen MR) is 136 cm³/mol. The van der Waals surface area contributed by atoms with Crippen molar-refractivity contribution in [3.63, 3.8) is 0 Å². The molecular weight excluding hydrogens is 486 g/mol. The van der Waals surface area contributed by atoms with Crippen LogP contribution in [0.1, 0.15) is 27.9 Å². The third-order valence-corrected chi connectivity index (χ3v) is 6.64. The fourth-order valence-corrected chi connectivity index (χ4v) is 4.60. The number of likely N-dealkylation sites (tertiary alicyclic amines) is 1. The molecule has 1 aliphatic heterocycles. The fourth-order valence-electron chi connectivity index (χ4n) is 4.60. The Hall–Kier alpha value is -3.66. The van der Waals surface area contributed by atoms with Gasteiger partial charge in [0.15, 0.2) is 5.78 Å². The van der Waals surface area contributed by atoms with E-state index in [0.717, 1.165) is 6.42 Å². The number of carbonyl (C=O) groups is 1. The van der Waals surface area contributed by atoms with Gasteiger partial charge in [-0.25, -0.2) is 0 Å². The standard InChI is InChI=1S/C26H25N3O6.ClH/c30-25(20-6-10-22(11-7-20)28(32)33)24-18-27(16-14-19-4-2-1-3-5-19)17-15-26(24,31)21-8-12-23(13-9-21)29(34)35;/h1-13,24,31H,14-18H2;1H. The van der Waals surface area contributed by atoms with E-state index in [1.54, 1.807) is 0 Å². The van der Waals surface area contributed by atoms with Gasteiger partial charge in [0.05, 0.1) is 15.8 Å². The average molecular weight is 512 g/mol. The molecule has 1 fully saturated rings. The van der Waals surface area contributed by atoms with E-state index < -0.39 is 21.4 Å². The number of hydrogen-bond donors (Lipinski definition) is 1. The van der Waals surface area contributed by atoms with Crippen molar-refractivity contribution in [2.24, 2.45) is 5.92 Å². The summed E-state index contributed by atoms with van der Waals surface area (Å²) in [6.45, 7) is 1.53. The molecular formula is C26H26ClN3O6. The quantitative estimate of drug-likeness (QED) is 0.267. The Morgan fingerprint density at radius 2 is 1.47 bits per heavy atom. The van der Waals surface area contributed by atoms with Gasteiger partial charge in [-0.15, -0.1) is 12.4 Å². The minimum absolute atomic E-state index is 0. The third kappa shape index (κ3) is 5.76. The highest BCUT2D eigenvalue weighted by Crippen LogP contribution is 2.40. The molecule has 188 valence electrons. The summed E-state index contributed by atoms with van der Waals surface area (Å²) < 4.78 is 0. The average Bonchev–Trinajstić information content (AvgIpc) is 2.88. The molecule has 1 N–H and O–H groups in total. The van der Waals surface area contributed by atoms with Crippen LogP contribution in [0.5, 0.6) is 0 Å². The van der Waals surface area contributed by atoms with E-state index in [2.05, 4.69) is 4.90 Å².